The van der Waals surface area contributed by atoms with Crippen molar-refractivity contribution in [2.75, 3.05) is 5.43 Å². The number of carbonyl (C=O) groups excluding carboxylic acids is 1. The lowest BCUT2D eigenvalue weighted by atomic mass is 10.0. The third-order valence-corrected chi connectivity index (χ3v) is 4.39. The van der Waals surface area contributed by atoms with Gasteiger partial charge in [0.1, 0.15) is 22.9 Å². The maximum absolute atomic E-state index is 12.2. The van der Waals surface area contributed by atoms with Gasteiger partial charge >= 0.3 is 0 Å². The summed E-state index contributed by atoms with van der Waals surface area (Å²) in [6.45, 7) is 6.08. The first-order chi connectivity index (χ1) is 11.0. The Morgan fingerprint density at radius 1 is 1.26 bits per heavy atom. The summed E-state index contributed by atoms with van der Waals surface area (Å²) in [6.07, 6.45) is 1.45. The number of aryl methyl sites for hydroxylation is 1. The number of amides is 1. The Hall–Kier alpha value is -2.54. The van der Waals surface area contributed by atoms with Gasteiger partial charge in [-0.25, -0.2) is 9.66 Å². The van der Waals surface area contributed by atoms with E-state index in [1.54, 1.807) is 12.3 Å². The summed E-state index contributed by atoms with van der Waals surface area (Å²) in [4.78, 5) is 16.6. The average molecular weight is 327 g/mol. The Balaban J connectivity index is 1.77. The van der Waals surface area contributed by atoms with Crippen LogP contribution >= 0.6 is 11.3 Å². The molecule has 0 aliphatic heterocycles. The molecule has 0 radical (unpaired) electrons. The van der Waals surface area contributed by atoms with Gasteiger partial charge in [0.15, 0.2) is 0 Å². The predicted octanol–water partition coefficient (Wildman–Crippen LogP) is 3.22. The second kappa shape index (κ2) is 6.29. The van der Waals surface area contributed by atoms with Crippen molar-refractivity contribution in [1.82, 2.24) is 19.9 Å². The molecule has 1 aromatic carbocycles. The van der Waals surface area contributed by atoms with Crippen molar-refractivity contribution >= 4 is 17.2 Å². The number of aromatic nitrogens is 4. The van der Waals surface area contributed by atoms with Crippen LogP contribution in [0.25, 0.3) is 10.6 Å². The molecule has 23 heavy (non-hydrogen) atoms. The lowest BCUT2D eigenvalue weighted by molar-refractivity contribution is 0.100. The monoisotopic (exact) mass is 327 g/mol. The van der Waals surface area contributed by atoms with Gasteiger partial charge < -0.3 is 0 Å². The smallest absolute Gasteiger partial charge is 0.266 e. The van der Waals surface area contributed by atoms with Gasteiger partial charge in [-0.05, 0) is 18.4 Å². The van der Waals surface area contributed by atoms with Gasteiger partial charge in [0.2, 0.25) is 0 Å². The molecule has 3 rings (SSSR count). The summed E-state index contributed by atoms with van der Waals surface area (Å²) < 4.78 is 1.47. The van der Waals surface area contributed by atoms with E-state index in [9.17, 15) is 4.79 Å². The standard InChI is InChI=1S/C16H17N5OS/c1-10(2)12-4-6-13(7-5-12)16-18-14(8-23-16)15(22)20-21-9-17-19-11(21)3/h4-10H,1-3H3,(H,20,22). The average Bonchev–Trinajstić information content (AvgIpc) is 3.17. The minimum Gasteiger partial charge on any atom is -0.266 e. The molecule has 0 saturated heterocycles. The molecule has 0 fully saturated rings. The molecule has 2 heterocycles. The summed E-state index contributed by atoms with van der Waals surface area (Å²) in [5.41, 5.74) is 5.37. The lowest BCUT2D eigenvalue weighted by Crippen LogP contribution is -2.23. The van der Waals surface area contributed by atoms with Crippen LogP contribution in [-0.2, 0) is 0 Å². The normalized spacial score (nSPS) is 11.0. The zero-order valence-corrected chi connectivity index (χ0v) is 14.0. The number of nitrogens with zero attached hydrogens (tertiary/aromatic N) is 4. The molecule has 3 aromatic rings. The topological polar surface area (TPSA) is 72.7 Å². The molecular formula is C16H17N5OS. The van der Waals surface area contributed by atoms with Crippen molar-refractivity contribution in [1.29, 1.82) is 0 Å². The van der Waals surface area contributed by atoms with Gasteiger partial charge in [0, 0.05) is 10.9 Å². The van der Waals surface area contributed by atoms with Crippen molar-refractivity contribution in [2.24, 2.45) is 0 Å². The number of hydrogen-bond donors (Lipinski definition) is 1. The van der Waals surface area contributed by atoms with Crippen LogP contribution in [0.4, 0.5) is 0 Å². The molecule has 1 amide bonds. The molecule has 2 aromatic heterocycles. The third-order valence-electron chi connectivity index (χ3n) is 3.50. The van der Waals surface area contributed by atoms with Gasteiger partial charge in [-0.3, -0.25) is 10.2 Å². The highest BCUT2D eigenvalue weighted by Crippen LogP contribution is 2.25. The van der Waals surface area contributed by atoms with Crippen LogP contribution in [-0.4, -0.2) is 25.8 Å². The molecule has 0 atom stereocenters. The first-order valence-corrected chi connectivity index (χ1v) is 8.16. The number of thiazole rings is 1. The zero-order chi connectivity index (χ0) is 16.4. The highest BCUT2D eigenvalue weighted by molar-refractivity contribution is 7.13. The Morgan fingerprint density at radius 3 is 2.61 bits per heavy atom. The lowest BCUT2D eigenvalue weighted by Gasteiger charge is -2.05. The molecule has 118 valence electrons. The van der Waals surface area contributed by atoms with Crippen molar-refractivity contribution in [2.45, 2.75) is 26.7 Å². The third kappa shape index (κ3) is 3.29. The fraction of sp³-hybridized carbons (Fsp3) is 0.250. The van der Waals surface area contributed by atoms with Crippen molar-refractivity contribution in [3.63, 3.8) is 0 Å². The summed E-state index contributed by atoms with van der Waals surface area (Å²) in [5.74, 6) is 0.820. The van der Waals surface area contributed by atoms with Crippen LogP contribution in [0.2, 0.25) is 0 Å². The van der Waals surface area contributed by atoms with Gasteiger partial charge in [0.25, 0.3) is 5.91 Å². The molecule has 7 heteroatoms. The van der Waals surface area contributed by atoms with Gasteiger partial charge in [-0.2, -0.15) is 0 Å². The summed E-state index contributed by atoms with van der Waals surface area (Å²) in [6, 6.07) is 8.28. The first kappa shape index (κ1) is 15.4. The van der Waals surface area contributed by atoms with E-state index in [1.165, 1.54) is 27.9 Å². The fourth-order valence-electron chi connectivity index (χ4n) is 2.09. The molecular weight excluding hydrogens is 310 g/mol. The van der Waals surface area contributed by atoms with Crippen LogP contribution in [0.1, 0.15) is 41.6 Å². The number of nitrogens with one attached hydrogen (secondary N) is 1. The van der Waals surface area contributed by atoms with E-state index < -0.39 is 0 Å². The second-order valence-electron chi connectivity index (χ2n) is 5.50. The quantitative estimate of drug-likeness (QED) is 0.798. The molecule has 0 aliphatic carbocycles. The molecule has 0 bridgehead atoms. The van der Waals surface area contributed by atoms with Gasteiger partial charge in [-0.15, -0.1) is 21.5 Å². The van der Waals surface area contributed by atoms with Crippen LogP contribution in [0.5, 0.6) is 0 Å². The van der Waals surface area contributed by atoms with E-state index in [0.29, 0.717) is 17.4 Å². The molecule has 0 aliphatic rings. The summed E-state index contributed by atoms with van der Waals surface area (Å²) in [7, 11) is 0. The highest BCUT2D eigenvalue weighted by Gasteiger charge is 2.13. The summed E-state index contributed by atoms with van der Waals surface area (Å²) in [5, 5.41) is 10.1. The molecule has 0 spiro atoms. The molecule has 0 saturated carbocycles. The number of hydrogen-bond acceptors (Lipinski definition) is 5. The number of benzene rings is 1. The first-order valence-electron chi connectivity index (χ1n) is 7.28. The zero-order valence-electron chi connectivity index (χ0n) is 13.1. The molecule has 6 nitrogen and oxygen atoms in total. The molecule has 0 unspecified atom stereocenters. The predicted molar refractivity (Wildman–Crippen MR) is 90.1 cm³/mol. The Kier molecular flexibility index (Phi) is 4.20. The van der Waals surface area contributed by atoms with Crippen LogP contribution < -0.4 is 5.43 Å². The minimum atomic E-state index is -0.283. The minimum absolute atomic E-state index is 0.283. The Labute approximate surface area is 138 Å². The van der Waals surface area contributed by atoms with E-state index in [2.05, 4.69) is 46.6 Å². The van der Waals surface area contributed by atoms with E-state index in [1.807, 2.05) is 12.1 Å². The number of rotatable bonds is 4. The van der Waals surface area contributed by atoms with Crippen molar-refractivity contribution < 1.29 is 4.79 Å². The van der Waals surface area contributed by atoms with Crippen molar-refractivity contribution in [3.05, 3.63) is 53.1 Å². The van der Waals surface area contributed by atoms with E-state index in [-0.39, 0.29) is 5.91 Å². The van der Waals surface area contributed by atoms with Crippen molar-refractivity contribution in [3.8, 4) is 10.6 Å². The maximum atomic E-state index is 12.2. The second-order valence-corrected chi connectivity index (χ2v) is 6.36. The summed E-state index contributed by atoms with van der Waals surface area (Å²) >= 11 is 1.45. The van der Waals surface area contributed by atoms with Crippen LogP contribution in [0.15, 0.2) is 36.0 Å². The van der Waals surface area contributed by atoms with E-state index in [0.717, 1.165) is 10.6 Å². The van der Waals surface area contributed by atoms with E-state index in [4.69, 9.17) is 0 Å². The SMILES string of the molecule is Cc1nncn1NC(=O)c1csc(-c2ccc(C(C)C)cc2)n1. The molecule has 1 N–H and O–H groups in total. The maximum Gasteiger partial charge on any atom is 0.289 e. The number of carbonyl (C=O) groups is 1. The Morgan fingerprint density at radius 2 is 2.00 bits per heavy atom. The van der Waals surface area contributed by atoms with Crippen LogP contribution in [0.3, 0.4) is 0 Å². The largest absolute Gasteiger partial charge is 0.289 e. The highest BCUT2D eigenvalue weighted by atomic mass is 32.1. The Bertz CT molecular complexity index is 819. The fourth-order valence-corrected chi connectivity index (χ4v) is 2.90. The van der Waals surface area contributed by atoms with Gasteiger partial charge in [-0.1, -0.05) is 38.1 Å². The van der Waals surface area contributed by atoms with E-state index >= 15 is 0 Å². The van der Waals surface area contributed by atoms with Gasteiger partial charge in [0.05, 0.1) is 0 Å². The van der Waals surface area contributed by atoms with Crippen LogP contribution in [0, 0.1) is 6.92 Å².